The Morgan fingerprint density at radius 2 is 1.71 bits per heavy atom. The lowest BCUT2D eigenvalue weighted by Crippen LogP contribution is -2.53. The Bertz CT molecular complexity index is 792. The molecule has 0 aliphatic carbocycles. The van der Waals surface area contributed by atoms with Crippen LogP contribution in [-0.2, 0) is 4.79 Å². The molecule has 1 fully saturated rings. The van der Waals surface area contributed by atoms with E-state index in [0.29, 0.717) is 31.9 Å². The Hall–Kier alpha value is -3.00. The SMILES string of the molecule is CC(NC(=O)N1CCN(CC(=O)Nc2ccc(F)cc2)CC1)c1ccncc1. The fraction of sp³-hybridized carbons (Fsp3) is 0.350. The van der Waals surface area contributed by atoms with Crippen molar-refractivity contribution in [1.29, 1.82) is 0 Å². The summed E-state index contributed by atoms with van der Waals surface area (Å²) in [5, 5.41) is 5.74. The predicted octanol–water partition coefficient (Wildman–Crippen LogP) is 2.25. The van der Waals surface area contributed by atoms with Gasteiger partial charge < -0.3 is 15.5 Å². The molecule has 148 valence electrons. The number of benzene rings is 1. The van der Waals surface area contributed by atoms with Gasteiger partial charge in [-0.05, 0) is 48.9 Å². The van der Waals surface area contributed by atoms with Crippen molar-refractivity contribution < 1.29 is 14.0 Å². The minimum Gasteiger partial charge on any atom is -0.331 e. The Morgan fingerprint density at radius 3 is 2.36 bits per heavy atom. The third kappa shape index (κ3) is 5.50. The van der Waals surface area contributed by atoms with Crippen LogP contribution in [0.25, 0.3) is 0 Å². The van der Waals surface area contributed by atoms with E-state index in [1.165, 1.54) is 24.3 Å². The first kappa shape index (κ1) is 19.8. The molecule has 0 bridgehead atoms. The number of rotatable bonds is 5. The summed E-state index contributed by atoms with van der Waals surface area (Å²) in [5.41, 5.74) is 1.56. The highest BCUT2D eigenvalue weighted by Crippen LogP contribution is 2.12. The molecule has 1 aliphatic rings. The lowest BCUT2D eigenvalue weighted by Gasteiger charge is -2.34. The molecule has 7 nitrogen and oxygen atoms in total. The molecule has 0 radical (unpaired) electrons. The molecule has 28 heavy (non-hydrogen) atoms. The highest BCUT2D eigenvalue weighted by molar-refractivity contribution is 5.92. The zero-order valence-electron chi connectivity index (χ0n) is 15.8. The molecular weight excluding hydrogens is 361 g/mol. The third-order valence-electron chi connectivity index (χ3n) is 4.70. The van der Waals surface area contributed by atoms with Gasteiger partial charge in [0.15, 0.2) is 0 Å². The molecule has 1 aliphatic heterocycles. The van der Waals surface area contributed by atoms with Gasteiger partial charge in [-0.15, -0.1) is 0 Å². The van der Waals surface area contributed by atoms with Crippen LogP contribution in [0, 0.1) is 5.82 Å². The molecule has 2 aromatic rings. The number of nitrogens with one attached hydrogen (secondary N) is 2. The van der Waals surface area contributed by atoms with Crippen molar-refractivity contribution in [1.82, 2.24) is 20.1 Å². The number of urea groups is 1. The van der Waals surface area contributed by atoms with Gasteiger partial charge in [0.05, 0.1) is 12.6 Å². The maximum Gasteiger partial charge on any atom is 0.317 e. The van der Waals surface area contributed by atoms with Crippen molar-refractivity contribution in [2.75, 3.05) is 38.0 Å². The third-order valence-corrected chi connectivity index (χ3v) is 4.70. The van der Waals surface area contributed by atoms with Gasteiger partial charge in [0.2, 0.25) is 5.91 Å². The number of pyridine rings is 1. The summed E-state index contributed by atoms with van der Waals surface area (Å²) in [4.78, 5) is 32.3. The molecule has 3 amide bonds. The minimum atomic E-state index is -0.342. The summed E-state index contributed by atoms with van der Waals surface area (Å²) in [7, 11) is 0. The topological polar surface area (TPSA) is 77.6 Å². The summed E-state index contributed by atoms with van der Waals surface area (Å²) in [5.74, 6) is -0.499. The first-order chi connectivity index (χ1) is 13.5. The van der Waals surface area contributed by atoms with E-state index in [-0.39, 0.29) is 30.3 Å². The van der Waals surface area contributed by atoms with Gasteiger partial charge in [0.1, 0.15) is 5.82 Å². The van der Waals surface area contributed by atoms with E-state index >= 15 is 0 Å². The van der Waals surface area contributed by atoms with Crippen LogP contribution in [0.1, 0.15) is 18.5 Å². The number of hydrogen-bond acceptors (Lipinski definition) is 4. The van der Waals surface area contributed by atoms with E-state index in [0.717, 1.165) is 5.56 Å². The standard InChI is InChI=1S/C20H24FN5O2/c1-15(16-6-8-22-9-7-16)23-20(28)26-12-10-25(11-13-26)14-19(27)24-18-4-2-17(21)3-5-18/h2-9,15H,10-14H2,1H3,(H,23,28)(H,24,27). The van der Waals surface area contributed by atoms with Gasteiger partial charge in [-0.2, -0.15) is 0 Å². The molecule has 1 aromatic heterocycles. The van der Waals surface area contributed by atoms with Crippen molar-refractivity contribution >= 4 is 17.6 Å². The molecule has 3 rings (SSSR count). The van der Waals surface area contributed by atoms with Crippen molar-refractivity contribution in [3.8, 4) is 0 Å². The first-order valence-electron chi connectivity index (χ1n) is 9.24. The van der Waals surface area contributed by atoms with Gasteiger partial charge in [0, 0.05) is 44.3 Å². The Morgan fingerprint density at radius 1 is 1.07 bits per heavy atom. The highest BCUT2D eigenvalue weighted by Gasteiger charge is 2.23. The van der Waals surface area contributed by atoms with E-state index in [2.05, 4.69) is 15.6 Å². The molecule has 8 heteroatoms. The molecule has 1 saturated heterocycles. The number of hydrogen-bond donors (Lipinski definition) is 2. The molecule has 0 spiro atoms. The molecule has 0 saturated carbocycles. The second kappa shape index (κ2) is 9.27. The number of carbonyl (C=O) groups excluding carboxylic acids is 2. The quantitative estimate of drug-likeness (QED) is 0.828. The van der Waals surface area contributed by atoms with Gasteiger partial charge in [-0.25, -0.2) is 9.18 Å². The Balaban J connectivity index is 1.41. The fourth-order valence-electron chi connectivity index (χ4n) is 3.06. The number of nitrogens with zero attached hydrogens (tertiary/aromatic N) is 3. The van der Waals surface area contributed by atoms with Crippen LogP contribution in [0.15, 0.2) is 48.8 Å². The van der Waals surface area contributed by atoms with Crippen LogP contribution in [0.5, 0.6) is 0 Å². The van der Waals surface area contributed by atoms with E-state index in [4.69, 9.17) is 0 Å². The highest BCUT2D eigenvalue weighted by atomic mass is 19.1. The smallest absolute Gasteiger partial charge is 0.317 e. The van der Waals surface area contributed by atoms with Crippen LogP contribution in [0.2, 0.25) is 0 Å². The number of anilines is 1. The Kier molecular flexibility index (Phi) is 6.54. The average molecular weight is 385 g/mol. The maximum absolute atomic E-state index is 12.9. The molecular formula is C20H24FN5O2. The van der Waals surface area contributed by atoms with Gasteiger partial charge in [-0.1, -0.05) is 0 Å². The molecule has 1 atom stereocenters. The monoisotopic (exact) mass is 385 g/mol. The van der Waals surface area contributed by atoms with Gasteiger partial charge >= 0.3 is 6.03 Å². The summed E-state index contributed by atoms with van der Waals surface area (Å²) < 4.78 is 12.9. The Labute approximate surface area is 163 Å². The van der Waals surface area contributed by atoms with E-state index < -0.39 is 0 Å². The lowest BCUT2D eigenvalue weighted by molar-refractivity contribution is -0.117. The minimum absolute atomic E-state index is 0.102. The van der Waals surface area contributed by atoms with E-state index in [1.54, 1.807) is 17.3 Å². The predicted molar refractivity (Wildman–Crippen MR) is 104 cm³/mol. The number of aromatic nitrogens is 1. The van der Waals surface area contributed by atoms with Crippen LogP contribution in [0.3, 0.4) is 0 Å². The van der Waals surface area contributed by atoms with Crippen LogP contribution >= 0.6 is 0 Å². The fourth-order valence-corrected chi connectivity index (χ4v) is 3.06. The van der Waals surface area contributed by atoms with E-state index in [9.17, 15) is 14.0 Å². The van der Waals surface area contributed by atoms with Gasteiger partial charge in [0.25, 0.3) is 0 Å². The summed E-state index contributed by atoms with van der Waals surface area (Å²) >= 11 is 0. The number of piperazine rings is 1. The average Bonchev–Trinajstić information content (AvgIpc) is 2.71. The zero-order chi connectivity index (χ0) is 19.9. The van der Waals surface area contributed by atoms with Crippen molar-refractivity contribution in [3.63, 3.8) is 0 Å². The van der Waals surface area contributed by atoms with Crippen molar-refractivity contribution in [2.24, 2.45) is 0 Å². The molecule has 1 aromatic carbocycles. The van der Waals surface area contributed by atoms with Gasteiger partial charge in [-0.3, -0.25) is 14.7 Å². The van der Waals surface area contributed by atoms with Crippen LogP contribution < -0.4 is 10.6 Å². The summed E-state index contributed by atoms with van der Waals surface area (Å²) in [6.07, 6.45) is 3.40. The summed E-state index contributed by atoms with van der Waals surface area (Å²) in [6, 6.07) is 9.21. The molecule has 2 heterocycles. The summed E-state index contributed by atoms with van der Waals surface area (Å²) in [6.45, 7) is 4.52. The number of amides is 3. The maximum atomic E-state index is 12.9. The molecule has 2 N–H and O–H groups in total. The van der Waals surface area contributed by atoms with Crippen molar-refractivity contribution in [2.45, 2.75) is 13.0 Å². The second-order valence-electron chi connectivity index (χ2n) is 6.77. The van der Waals surface area contributed by atoms with Crippen LogP contribution in [-0.4, -0.2) is 59.4 Å². The second-order valence-corrected chi connectivity index (χ2v) is 6.77. The zero-order valence-corrected chi connectivity index (χ0v) is 15.8. The first-order valence-corrected chi connectivity index (χ1v) is 9.24. The largest absolute Gasteiger partial charge is 0.331 e. The normalized spacial score (nSPS) is 15.7. The number of carbonyl (C=O) groups is 2. The lowest BCUT2D eigenvalue weighted by atomic mass is 10.1. The van der Waals surface area contributed by atoms with Crippen LogP contribution in [0.4, 0.5) is 14.9 Å². The number of halogens is 1. The molecule has 1 unspecified atom stereocenters. The van der Waals surface area contributed by atoms with Crippen molar-refractivity contribution in [3.05, 3.63) is 60.2 Å². The van der Waals surface area contributed by atoms with E-state index in [1.807, 2.05) is 24.0 Å².